The number of pyridine rings is 1. The summed E-state index contributed by atoms with van der Waals surface area (Å²) in [6.45, 7) is 5.60. The van der Waals surface area contributed by atoms with Crippen LogP contribution in [0.3, 0.4) is 0 Å². The maximum atomic E-state index is 5.50. The molecular weight excluding hydrogens is 216 g/mol. The molecule has 1 aromatic rings. The lowest BCUT2D eigenvalue weighted by molar-refractivity contribution is 0.163. The van der Waals surface area contributed by atoms with Crippen LogP contribution in [0.15, 0.2) is 12.1 Å². The molecule has 92 valence electrons. The third-order valence-corrected chi connectivity index (χ3v) is 3.52. The van der Waals surface area contributed by atoms with Crippen molar-refractivity contribution in [2.75, 3.05) is 19.8 Å². The second-order valence-electron chi connectivity index (χ2n) is 4.76. The van der Waals surface area contributed by atoms with Crippen molar-refractivity contribution in [1.82, 2.24) is 9.88 Å². The van der Waals surface area contributed by atoms with Crippen LogP contribution in [0.2, 0.25) is 0 Å². The number of rotatable bonds is 2. The number of fused-ring (bicyclic) bond motifs is 1. The molecule has 0 aromatic carbocycles. The molecule has 1 aromatic heterocycles. The Labute approximate surface area is 102 Å². The summed E-state index contributed by atoms with van der Waals surface area (Å²) in [6.07, 6.45) is 2.59. The van der Waals surface area contributed by atoms with E-state index in [-0.39, 0.29) is 0 Å². The molecule has 0 radical (unpaired) electrons. The zero-order valence-corrected chi connectivity index (χ0v) is 10.2. The van der Waals surface area contributed by atoms with Gasteiger partial charge in [-0.1, -0.05) is 0 Å². The third kappa shape index (κ3) is 2.22. The molecule has 2 aliphatic rings. The van der Waals surface area contributed by atoms with Gasteiger partial charge in [-0.2, -0.15) is 0 Å². The highest BCUT2D eigenvalue weighted by molar-refractivity contribution is 5.35. The largest absolute Gasteiger partial charge is 0.484 e. The fourth-order valence-electron chi connectivity index (χ4n) is 2.49. The maximum absolute atomic E-state index is 5.50. The van der Waals surface area contributed by atoms with Crippen LogP contribution in [0.1, 0.15) is 25.5 Å². The predicted octanol–water partition coefficient (Wildman–Crippen LogP) is 1.84. The topological polar surface area (TPSA) is 34.6 Å². The SMILES string of the molecule is CC1CCCN1Cc1ccc2c(n1)OCCO2. The van der Waals surface area contributed by atoms with E-state index < -0.39 is 0 Å². The molecule has 0 spiro atoms. The van der Waals surface area contributed by atoms with Gasteiger partial charge in [0.25, 0.3) is 5.88 Å². The van der Waals surface area contributed by atoms with E-state index in [1.54, 1.807) is 0 Å². The van der Waals surface area contributed by atoms with E-state index in [1.165, 1.54) is 19.4 Å². The minimum Gasteiger partial charge on any atom is -0.484 e. The Morgan fingerprint density at radius 1 is 1.35 bits per heavy atom. The maximum Gasteiger partial charge on any atom is 0.257 e. The quantitative estimate of drug-likeness (QED) is 0.782. The fourth-order valence-corrected chi connectivity index (χ4v) is 2.49. The van der Waals surface area contributed by atoms with Gasteiger partial charge in [0.1, 0.15) is 13.2 Å². The molecule has 0 saturated carbocycles. The number of aromatic nitrogens is 1. The van der Waals surface area contributed by atoms with Crippen LogP contribution >= 0.6 is 0 Å². The molecule has 1 atom stereocenters. The summed E-state index contributed by atoms with van der Waals surface area (Å²) in [7, 11) is 0. The van der Waals surface area contributed by atoms with Gasteiger partial charge in [-0.3, -0.25) is 4.90 Å². The van der Waals surface area contributed by atoms with E-state index in [4.69, 9.17) is 9.47 Å². The Hall–Kier alpha value is -1.29. The average molecular weight is 234 g/mol. The molecule has 3 rings (SSSR count). The summed E-state index contributed by atoms with van der Waals surface area (Å²) in [5.74, 6) is 1.43. The lowest BCUT2D eigenvalue weighted by Gasteiger charge is -2.22. The molecule has 0 N–H and O–H groups in total. The van der Waals surface area contributed by atoms with E-state index in [9.17, 15) is 0 Å². The Kier molecular flexibility index (Phi) is 2.89. The van der Waals surface area contributed by atoms with Crippen LogP contribution in [0.25, 0.3) is 0 Å². The van der Waals surface area contributed by atoms with Gasteiger partial charge in [0, 0.05) is 12.6 Å². The smallest absolute Gasteiger partial charge is 0.257 e. The number of ether oxygens (including phenoxy) is 2. The molecule has 4 nitrogen and oxygen atoms in total. The predicted molar refractivity (Wildman–Crippen MR) is 64.3 cm³/mol. The highest BCUT2D eigenvalue weighted by Crippen LogP contribution is 2.28. The van der Waals surface area contributed by atoms with Crippen molar-refractivity contribution < 1.29 is 9.47 Å². The minimum atomic E-state index is 0.601. The summed E-state index contributed by atoms with van der Waals surface area (Å²) in [6, 6.07) is 4.68. The molecule has 17 heavy (non-hydrogen) atoms. The van der Waals surface area contributed by atoms with Crippen LogP contribution in [-0.2, 0) is 6.54 Å². The normalized spacial score (nSPS) is 23.9. The van der Waals surface area contributed by atoms with Crippen LogP contribution in [0.5, 0.6) is 11.6 Å². The van der Waals surface area contributed by atoms with Gasteiger partial charge >= 0.3 is 0 Å². The van der Waals surface area contributed by atoms with Crippen molar-refractivity contribution in [3.63, 3.8) is 0 Å². The molecule has 1 fully saturated rings. The summed E-state index contributed by atoms with van der Waals surface area (Å²) in [5.41, 5.74) is 1.07. The van der Waals surface area contributed by atoms with E-state index in [2.05, 4.69) is 16.8 Å². The molecule has 0 amide bonds. The molecular formula is C13H18N2O2. The number of likely N-dealkylation sites (tertiary alicyclic amines) is 1. The molecule has 2 aliphatic heterocycles. The first-order chi connectivity index (χ1) is 8.33. The summed E-state index contributed by atoms with van der Waals surface area (Å²) >= 11 is 0. The van der Waals surface area contributed by atoms with Gasteiger partial charge in [-0.15, -0.1) is 0 Å². The number of hydrogen-bond acceptors (Lipinski definition) is 4. The fraction of sp³-hybridized carbons (Fsp3) is 0.615. The van der Waals surface area contributed by atoms with E-state index in [0.29, 0.717) is 25.1 Å². The Morgan fingerprint density at radius 3 is 3.06 bits per heavy atom. The highest BCUT2D eigenvalue weighted by Gasteiger charge is 2.21. The monoisotopic (exact) mass is 234 g/mol. The first-order valence-electron chi connectivity index (χ1n) is 6.32. The lowest BCUT2D eigenvalue weighted by Crippen LogP contribution is -2.27. The van der Waals surface area contributed by atoms with Crippen molar-refractivity contribution in [3.8, 4) is 11.6 Å². The van der Waals surface area contributed by atoms with Gasteiger partial charge < -0.3 is 9.47 Å². The average Bonchev–Trinajstić information content (AvgIpc) is 2.75. The van der Waals surface area contributed by atoms with Gasteiger partial charge in [0.2, 0.25) is 0 Å². The molecule has 3 heterocycles. The van der Waals surface area contributed by atoms with Crippen molar-refractivity contribution in [1.29, 1.82) is 0 Å². The van der Waals surface area contributed by atoms with Crippen LogP contribution in [-0.4, -0.2) is 35.7 Å². The van der Waals surface area contributed by atoms with E-state index in [1.807, 2.05) is 12.1 Å². The van der Waals surface area contributed by atoms with Crippen molar-refractivity contribution in [2.45, 2.75) is 32.4 Å². The minimum absolute atomic E-state index is 0.601. The molecule has 0 bridgehead atoms. The standard InChI is InChI=1S/C13H18N2O2/c1-10-3-2-6-15(10)9-11-4-5-12-13(14-11)17-8-7-16-12/h4-5,10H,2-3,6-9H2,1H3. The van der Waals surface area contributed by atoms with Crippen molar-refractivity contribution in [2.24, 2.45) is 0 Å². The van der Waals surface area contributed by atoms with Crippen LogP contribution in [0.4, 0.5) is 0 Å². The van der Waals surface area contributed by atoms with E-state index >= 15 is 0 Å². The van der Waals surface area contributed by atoms with Gasteiger partial charge in [0.05, 0.1) is 5.69 Å². The molecule has 1 saturated heterocycles. The third-order valence-electron chi connectivity index (χ3n) is 3.52. The van der Waals surface area contributed by atoms with Crippen LogP contribution < -0.4 is 9.47 Å². The summed E-state index contributed by atoms with van der Waals surface area (Å²) in [5, 5.41) is 0. The molecule has 4 heteroatoms. The number of hydrogen-bond donors (Lipinski definition) is 0. The second-order valence-corrected chi connectivity index (χ2v) is 4.76. The second kappa shape index (κ2) is 4.53. The number of nitrogens with zero attached hydrogens (tertiary/aromatic N) is 2. The van der Waals surface area contributed by atoms with Crippen LogP contribution in [0, 0.1) is 0 Å². The summed E-state index contributed by atoms with van der Waals surface area (Å²) in [4.78, 5) is 6.99. The Morgan fingerprint density at radius 2 is 2.24 bits per heavy atom. The van der Waals surface area contributed by atoms with Crippen molar-refractivity contribution >= 4 is 0 Å². The first-order valence-corrected chi connectivity index (χ1v) is 6.32. The van der Waals surface area contributed by atoms with Gasteiger partial charge in [-0.05, 0) is 38.4 Å². The van der Waals surface area contributed by atoms with E-state index in [0.717, 1.165) is 18.0 Å². The Bertz CT molecular complexity index is 408. The van der Waals surface area contributed by atoms with Crippen molar-refractivity contribution in [3.05, 3.63) is 17.8 Å². The van der Waals surface area contributed by atoms with Gasteiger partial charge in [0.15, 0.2) is 5.75 Å². The van der Waals surface area contributed by atoms with Gasteiger partial charge in [-0.25, -0.2) is 4.98 Å². The Balaban J connectivity index is 1.75. The molecule has 0 aliphatic carbocycles. The highest BCUT2D eigenvalue weighted by atomic mass is 16.6. The zero-order valence-electron chi connectivity index (χ0n) is 10.2. The lowest BCUT2D eigenvalue weighted by atomic mass is 10.2. The molecule has 1 unspecified atom stereocenters. The zero-order chi connectivity index (χ0) is 11.7. The summed E-state index contributed by atoms with van der Waals surface area (Å²) < 4.78 is 11.0. The first kappa shape index (κ1) is 10.8.